The third-order valence-corrected chi connectivity index (χ3v) is 7.59. The van der Waals surface area contributed by atoms with Gasteiger partial charge in [-0.15, -0.1) is 0 Å². The van der Waals surface area contributed by atoms with Crippen LogP contribution in [0.5, 0.6) is 5.75 Å². The van der Waals surface area contributed by atoms with Crippen molar-refractivity contribution in [3.8, 4) is 5.75 Å². The minimum absolute atomic E-state index is 0.0343. The van der Waals surface area contributed by atoms with Gasteiger partial charge in [-0.3, -0.25) is 19.8 Å². The SMILES string of the molecule is CCON1CCC([C@H](C(=O)NO)N(Cc2ccncc2)S(=O)(=O)c2ccc(OC)cc2)CC1=C=O. The fraction of sp³-hybridized carbons (Fsp3) is 0.391. The summed E-state index contributed by atoms with van der Waals surface area (Å²) in [6.45, 7) is 2.19. The summed E-state index contributed by atoms with van der Waals surface area (Å²) in [5.41, 5.74) is 2.37. The maximum Gasteiger partial charge on any atom is 0.262 e. The van der Waals surface area contributed by atoms with E-state index in [0.717, 1.165) is 4.31 Å². The van der Waals surface area contributed by atoms with Crippen LogP contribution in [0.1, 0.15) is 25.3 Å². The first-order valence-electron chi connectivity index (χ1n) is 11.0. The number of carbonyl (C=O) groups excluding carboxylic acids is 2. The number of nitrogens with one attached hydrogen (secondary N) is 1. The number of sulfonamides is 1. The monoisotopic (exact) mass is 504 g/mol. The molecule has 11 nitrogen and oxygen atoms in total. The van der Waals surface area contributed by atoms with Crippen molar-refractivity contribution in [2.75, 3.05) is 20.3 Å². The Kier molecular flexibility index (Phi) is 8.96. The lowest BCUT2D eigenvalue weighted by atomic mass is 9.88. The molecule has 0 aliphatic carbocycles. The van der Waals surface area contributed by atoms with Gasteiger partial charge in [0.05, 0.1) is 18.6 Å². The summed E-state index contributed by atoms with van der Waals surface area (Å²) in [5.74, 6) is 0.766. The number of carbonyl (C=O) groups is 1. The highest BCUT2D eigenvalue weighted by Crippen LogP contribution is 2.33. The van der Waals surface area contributed by atoms with E-state index in [1.54, 1.807) is 24.5 Å². The molecule has 0 bridgehead atoms. The highest BCUT2D eigenvalue weighted by Gasteiger charge is 2.43. The van der Waals surface area contributed by atoms with E-state index in [0.29, 0.717) is 24.3 Å². The average molecular weight is 505 g/mol. The maximum atomic E-state index is 13.8. The zero-order chi connectivity index (χ0) is 25.4. The highest BCUT2D eigenvalue weighted by molar-refractivity contribution is 7.89. The lowest BCUT2D eigenvalue weighted by Gasteiger charge is -2.39. The van der Waals surface area contributed by atoms with Gasteiger partial charge in [-0.05, 0) is 61.2 Å². The number of rotatable bonds is 10. The number of hydrogen-bond acceptors (Lipinski definition) is 9. The van der Waals surface area contributed by atoms with Gasteiger partial charge in [-0.1, -0.05) is 0 Å². The average Bonchev–Trinajstić information content (AvgIpc) is 2.89. The van der Waals surface area contributed by atoms with Crippen molar-refractivity contribution >= 4 is 21.9 Å². The van der Waals surface area contributed by atoms with Gasteiger partial charge in [0, 0.05) is 31.9 Å². The molecular weight excluding hydrogens is 476 g/mol. The summed E-state index contributed by atoms with van der Waals surface area (Å²) in [6.07, 6.45) is 3.39. The number of aromatic nitrogens is 1. The number of ether oxygens (including phenoxy) is 1. The van der Waals surface area contributed by atoms with Crippen molar-refractivity contribution in [1.29, 1.82) is 0 Å². The standard InChI is InChI=1S/C23H28N4O7S/c1-3-34-26-13-10-18(14-19(26)16-28)22(23(29)25-30)27(15-17-8-11-24-12-9-17)35(31,32)21-6-4-20(33-2)5-7-21/h4-9,11-12,18,22,30H,3,10,13-15H2,1-2H3,(H,25,29)/t18?,22-/m1/s1. The molecule has 1 fully saturated rings. The molecule has 1 unspecified atom stereocenters. The molecule has 0 spiro atoms. The van der Waals surface area contributed by atoms with Gasteiger partial charge in [0.25, 0.3) is 5.91 Å². The van der Waals surface area contributed by atoms with E-state index in [1.165, 1.54) is 48.8 Å². The van der Waals surface area contributed by atoms with Crippen molar-refractivity contribution in [2.24, 2.45) is 5.92 Å². The molecule has 1 saturated heterocycles. The van der Waals surface area contributed by atoms with Crippen LogP contribution in [0.25, 0.3) is 0 Å². The second kappa shape index (κ2) is 11.9. The molecule has 1 aliphatic rings. The van der Waals surface area contributed by atoms with E-state index in [9.17, 15) is 23.2 Å². The molecule has 2 atom stereocenters. The fourth-order valence-corrected chi connectivity index (χ4v) is 5.70. The van der Waals surface area contributed by atoms with Crippen molar-refractivity contribution in [3.05, 3.63) is 60.1 Å². The third kappa shape index (κ3) is 6.05. The van der Waals surface area contributed by atoms with Crippen LogP contribution in [0.15, 0.2) is 59.4 Å². The Labute approximate surface area is 203 Å². The van der Waals surface area contributed by atoms with Crippen LogP contribution in [0, 0.1) is 5.92 Å². The van der Waals surface area contributed by atoms with E-state index in [4.69, 9.17) is 9.57 Å². The number of piperidine rings is 1. The lowest BCUT2D eigenvalue weighted by molar-refractivity contribution is -0.148. The van der Waals surface area contributed by atoms with Gasteiger partial charge >= 0.3 is 0 Å². The fourth-order valence-electron chi connectivity index (χ4n) is 4.06. The smallest absolute Gasteiger partial charge is 0.262 e. The predicted octanol–water partition coefficient (Wildman–Crippen LogP) is 1.53. The molecule has 0 radical (unpaired) electrons. The number of methoxy groups -OCH3 is 1. The van der Waals surface area contributed by atoms with Gasteiger partial charge in [-0.25, -0.2) is 23.8 Å². The zero-order valence-electron chi connectivity index (χ0n) is 19.5. The van der Waals surface area contributed by atoms with Crippen LogP contribution in [0.4, 0.5) is 0 Å². The second-order valence-corrected chi connectivity index (χ2v) is 9.71. The molecule has 3 rings (SSSR count). The maximum absolute atomic E-state index is 13.8. The first kappa shape index (κ1) is 26.3. The molecule has 1 aliphatic heterocycles. The molecule has 35 heavy (non-hydrogen) atoms. The first-order valence-corrected chi connectivity index (χ1v) is 12.4. The molecule has 0 saturated carbocycles. The molecule has 12 heteroatoms. The Morgan fingerprint density at radius 3 is 2.54 bits per heavy atom. The zero-order valence-corrected chi connectivity index (χ0v) is 20.3. The van der Waals surface area contributed by atoms with E-state index < -0.39 is 27.9 Å². The van der Waals surface area contributed by atoms with Crippen LogP contribution in [0.3, 0.4) is 0 Å². The number of pyridine rings is 1. The Morgan fingerprint density at radius 1 is 1.29 bits per heavy atom. The largest absolute Gasteiger partial charge is 0.497 e. The normalized spacial score (nSPS) is 17.1. The minimum Gasteiger partial charge on any atom is -0.497 e. The third-order valence-electron chi connectivity index (χ3n) is 5.75. The van der Waals surface area contributed by atoms with Crippen molar-refractivity contribution < 1.29 is 32.8 Å². The molecule has 188 valence electrons. The van der Waals surface area contributed by atoms with Crippen molar-refractivity contribution in [3.63, 3.8) is 0 Å². The van der Waals surface area contributed by atoms with E-state index in [2.05, 4.69) is 4.98 Å². The Hall–Kier alpha value is -3.28. The quantitative estimate of drug-likeness (QED) is 0.280. The van der Waals surface area contributed by atoms with E-state index >= 15 is 0 Å². The van der Waals surface area contributed by atoms with Gasteiger partial charge in [0.15, 0.2) is 0 Å². The van der Waals surface area contributed by atoms with Crippen LogP contribution in [-0.4, -0.2) is 66.1 Å². The van der Waals surface area contributed by atoms with Crippen LogP contribution in [0.2, 0.25) is 0 Å². The minimum atomic E-state index is -4.24. The molecule has 2 heterocycles. The number of benzene rings is 1. The summed E-state index contributed by atoms with van der Waals surface area (Å²) >= 11 is 0. The highest BCUT2D eigenvalue weighted by atomic mass is 32.2. The molecular formula is C23H28N4O7S. The Morgan fingerprint density at radius 2 is 1.97 bits per heavy atom. The molecule has 2 N–H and O–H groups in total. The first-order chi connectivity index (χ1) is 16.8. The van der Waals surface area contributed by atoms with Crippen LogP contribution >= 0.6 is 0 Å². The molecule has 1 aromatic carbocycles. The summed E-state index contributed by atoms with van der Waals surface area (Å²) in [6, 6.07) is 7.73. The number of nitrogens with zero attached hydrogens (tertiary/aromatic N) is 3. The summed E-state index contributed by atoms with van der Waals surface area (Å²) in [4.78, 5) is 33.9. The molecule has 1 aromatic heterocycles. The van der Waals surface area contributed by atoms with Crippen molar-refractivity contribution in [1.82, 2.24) is 19.8 Å². The van der Waals surface area contributed by atoms with Crippen molar-refractivity contribution in [2.45, 2.75) is 37.2 Å². The lowest BCUT2D eigenvalue weighted by Crippen LogP contribution is -2.54. The summed E-state index contributed by atoms with van der Waals surface area (Å²) in [7, 11) is -2.78. The molecule has 2 aromatic rings. The van der Waals surface area contributed by atoms with Crippen LogP contribution in [-0.2, 0) is 31.0 Å². The van der Waals surface area contributed by atoms with Crippen LogP contribution < -0.4 is 10.2 Å². The summed E-state index contributed by atoms with van der Waals surface area (Å²) in [5, 5.41) is 11.0. The number of hydrogen-bond donors (Lipinski definition) is 2. The van der Waals surface area contributed by atoms with E-state index in [-0.39, 0.29) is 30.1 Å². The molecule has 1 amide bonds. The Balaban J connectivity index is 2.07. The van der Waals surface area contributed by atoms with Gasteiger partial charge in [0.2, 0.25) is 10.0 Å². The predicted molar refractivity (Wildman–Crippen MR) is 124 cm³/mol. The van der Waals surface area contributed by atoms with Gasteiger partial charge in [-0.2, -0.15) is 4.31 Å². The van der Waals surface area contributed by atoms with Gasteiger partial charge < -0.3 is 4.74 Å². The Bertz CT molecular complexity index is 1150. The second-order valence-electron chi connectivity index (χ2n) is 7.82. The topological polar surface area (TPSA) is 138 Å². The number of allylic oxidation sites excluding steroid dienone is 1. The van der Waals surface area contributed by atoms with Gasteiger partial charge in [0.1, 0.15) is 23.4 Å². The van der Waals surface area contributed by atoms with E-state index in [1.807, 2.05) is 5.94 Å². The number of amides is 1. The number of hydroxylamine groups is 3. The summed E-state index contributed by atoms with van der Waals surface area (Å²) < 4.78 is 33.9.